The first-order valence-electron chi connectivity index (χ1n) is 7.78. The van der Waals surface area contributed by atoms with E-state index in [0.717, 1.165) is 30.8 Å². The van der Waals surface area contributed by atoms with E-state index < -0.39 is 5.97 Å². The van der Waals surface area contributed by atoms with E-state index in [-0.39, 0.29) is 18.4 Å². The van der Waals surface area contributed by atoms with Crippen LogP contribution in [0.2, 0.25) is 0 Å². The van der Waals surface area contributed by atoms with Crippen LogP contribution >= 0.6 is 0 Å². The van der Waals surface area contributed by atoms with Crippen LogP contribution in [0, 0.1) is 0 Å². The van der Waals surface area contributed by atoms with Crippen LogP contribution in [0.4, 0.5) is 0 Å². The standard InChI is InChI=1S/C15H21N3O4/c19-14(9-13-2-1-7-22-13)17-5-6-18-12(10-17)8-11(16-18)3-4-15(20)21/h8,13H,1-7,9-10H2,(H,20,21). The predicted molar refractivity (Wildman–Crippen MR) is 77.2 cm³/mol. The minimum absolute atomic E-state index is 0.0745. The Balaban J connectivity index is 1.58. The number of aryl methyl sites for hydroxylation is 1. The number of carboxylic acids is 1. The van der Waals surface area contributed by atoms with Crippen molar-refractivity contribution < 1.29 is 19.4 Å². The number of hydrogen-bond acceptors (Lipinski definition) is 4. The molecule has 3 rings (SSSR count). The van der Waals surface area contributed by atoms with Gasteiger partial charge in [-0.15, -0.1) is 0 Å². The fourth-order valence-electron chi connectivity index (χ4n) is 3.03. The fraction of sp³-hybridized carbons (Fsp3) is 0.667. The van der Waals surface area contributed by atoms with Gasteiger partial charge in [-0.25, -0.2) is 0 Å². The van der Waals surface area contributed by atoms with Crippen LogP contribution in [0.5, 0.6) is 0 Å². The van der Waals surface area contributed by atoms with Crippen LogP contribution in [0.3, 0.4) is 0 Å². The number of hydrogen-bond donors (Lipinski definition) is 1. The largest absolute Gasteiger partial charge is 0.481 e. The van der Waals surface area contributed by atoms with Gasteiger partial charge in [0.05, 0.1) is 43.4 Å². The van der Waals surface area contributed by atoms with Crippen molar-refractivity contribution >= 4 is 11.9 Å². The lowest BCUT2D eigenvalue weighted by molar-refractivity contribution is -0.137. The number of fused-ring (bicyclic) bond motifs is 1. The second-order valence-corrected chi connectivity index (χ2v) is 5.90. The number of rotatable bonds is 5. The lowest BCUT2D eigenvalue weighted by Crippen LogP contribution is -2.39. The molecule has 120 valence electrons. The topological polar surface area (TPSA) is 84.7 Å². The molecule has 1 fully saturated rings. The van der Waals surface area contributed by atoms with Gasteiger partial charge in [0.1, 0.15) is 0 Å². The van der Waals surface area contributed by atoms with Crippen LogP contribution in [0.25, 0.3) is 0 Å². The van der Waals surface area contributed by atoms with Crippen LogP contribution in [-0.2, 0) is 33.8 Å². The maximum Gasteiger partial charge on any atom is 0.303 e. The molecule has 7 heteroatoms. The number of carboxylic acid groups (broad SMARTS) is 1. The van der Waals surface area contributed by atoms with Gasteiger partial charge in [0.15, 0.2) is 0 Å². The first-order chi connectivity index (χ1) is 10.6. The number of carbonyl (C=O) groups is 2. The third-order valence-corrected chi connectivity index (χ3v) is 4.22. The molecule has 1 atom stereocenters. The molecule has 0 aliphatic carbocycles. The van der Waals surface area contributed by atoms with Crippen molar-refractivity contribution in [3.05, 3.63) is 17.5 Å². The van der Waals surface area contributed by atoms with E-state index in [1.54, 1.807) is 0 Å². The first kappa shape index (κ1) is 15.0. The van der Waals surface area contributed by atoms with Crippen LogP contribution in [0.15, 0.2) is 6.07 Å². The molecule has 2 aliphatic heterocycles. The highest BCUT2D eigenvalue weighted by atomic mass is 16.5. The molecule has 1 N–H and O–H groups in total. The van der Waals surface area contributed by atoms with Gasteiger partial charge in [-0.3, -0.25) is 14.3 Å². The molecule has 1 aromatic heterocycles. The molecular formula is C15H21N3O4. The van der Waals surface area contributed by atoms with E-state index in [2.05, 4.69) is 5.10 Å². The molecule has 1 aromatic rings. The number of carbonyl (C=O) groups excluding carboxylic acids is 1. The van der Waals surface area contributed by atoms with Gasteiger partial charge < -0.3 is 14.7 Å². The van der Waals surface area contributed by atoms with Crippen molar-refractivity contribution in [2.45, 2.75) is 51.3 Å². The van der Waals surface area contributed by atoms with Crippen molar-refractivity contribution in [2.24, 2.45) is 0 Å². The van der Waals surface area contributed by atoms with E-state index >= 15 is 0 Å². The highest BCUT2D eigenvalue weighted by Gasteiger charge is 2.26. The number of aromatic nitrogens is 2. The quantitative estimate of drug-likeness (QED) is 0.870. The molecule has 1 unspecified atom stereocenters. The first-order valence-corrected chi connectivity index (χ1v) is 7.78. The summed E-state index contributed by atoms with van der Waals surface area (Å²) in [5, 5.41) is 13.1. The average molecular weight is 307 g/mol. The van der Waals surface area contributed by atoms with Crippen LogP contribution < -0.4 is 0 Å². The van der Waals surface area contributed by atoms with E-state index in [0.29, 0.717) is 32.5 Å². The smallest absolute Gasteiger partial charge is 0.303 e. The van der Waals surface area contributed by atoms with Crippen molar-refractivity contribution in [3.63, 3.8) is 0 Å². The minimum atomic E-state index is -0.820. The Morgan fingerprint density at radius 3 is 3.00 bits per heavy atom. The summed E-state index contributed by atoms with van der Waals surface area (Å²) in [6.07, 6.45) is 3.05. The predicted octanol–water partition coefficient (Wildman–Crippen LogP) is 0.812. The summed E-state index contributed by atoms with van der Waals surface area (Å²) in [4.78, 5) is 24.8. The molecule has 0 spiro atoms. The maximum absolute atomic E-state index is 12.3. The number of ether oxygens (including phenoxy) is 1. The monoisotopic (exact) mass is 307 g/mol. The Kier molecular flexibility index (Phi) is 4.42. The molecule has 0 radical (unpaired) electrons. The van der Waals surface area contributed by atoms with Gasteiger partial charge in [0.2, 0.25) is 5.91 Å². The number of aliphatic carboxylic acids is 1. The fourth-order valence-corrected chi connectivity index (χ4v) is 3.03. The van der Waals surface area contributed by atoms with Crippen molar-refractivity contribution in [3.8, 4) is 0 Å². The van der Waals surface area contributed by atoms with Crippen LogP contribution in [-0.4, -0.2) is 50.9 Å². The molecule has 2 aliphatic rings. The van der Waals surface area contributed by atoms with E-state index in [1.165, 1.54) is 0 Å². The lowest BCUT2D eigenvalue weighted by Gasteiger charge is -2.28. The summed E-state index contributed by atoms with van der Waals surface area (Å²) >= 11 is 0. The molecule has 3 heterocycles. The molecule has 7 nitrogen and oxygen atoms in total. The molecule has 0 aromatic carbocycles. The Bertz CT molecular complexity index is 563. The molecule has 1 saturated heterocycles. The van der Waals surface area contributed by atoms with Crippen molar-refractivity contribution in [1.82, 2.24) is 14.7 Å². The van der Waals surface area contributed by atoms with Gasteiger partial charge in [0.25, 0.3) is 0 Å². The average Bonchev–Trinajstić information content (AvgIpc) is 3.12. The normalized spacial score (nSPS) is 20.9. The highest BCUT2D eigenvalue weighted by Crippen LogP contribution is 2.19. The van der Waals surface area contributed by atoms with Gasteiger partial charge in [-0.2, -0.15) is 5.10 Å². The van der Waals surface area contributed by atoms with Gasteiger partial charge in [-0.05, 0) is 18.9 Å². The second-order valence-electron chi connectivity index (χ2n) is 5.90. The van der Waals surface area contributed by atoms with Crippen LogP contribution in [0.1, 0.15) is 37.1 Å². The lowest BCUT2D eigenvalue weighted by atomic mass is 10.1. The zero-order valence-corrected chi connectivity index (χ0v) is 12.5. The summed E-state index contributed by atoms with van der Waals surface area (Å²) in [5.41, 5.74) is 1.76. The van der Waals surface area contributed by atoms with E-state index in [1.807, 2.05) is 15.6 Å². The highest BCUT2D eigenvalue weighted by molar-refractivity contribution is 5.76. The van der Waals surface area contributed by atoms with Crippen molar-refractivity contribution in [1.29, 1.82) is 0 Å². The Morgan fingerprint density at radius 1 is 1.41 bits per heavy atom. The third-order valence-electron chi connectivity index (χ3n) is 4.22. The Morgan fingerprint density at radius 2 is 2.27 bits per heavy atom. The summed E-state index contributed by atoms with van der Waals surface area (Å²) in [7, 11) is 0. The molecule has 1 amide bonds. The number of nitrogens with zero attached hydrogens (tertiary/aromatic N) is 3. The SMILES string of the molecule is O=C(O)CCc1cc2n(n1)CCN(C(=O)CC1CCCO1)C2. The zero-order chi connectivity index (χ0) is 15.5. The number of amides is 1. The molecular weight excluding hydrogens is 286 g/mol. The van der Waals surface area contributed by atoms with E-state index in [9.17, 15) is 9.59 Å². The third kappa shape index (κ3) is 3.47. The minimum Gasteiger partial charge on any atom is -0.481 e. The Labute approximate surface area is 128 Å². The maximum atomic E-state index is 12.3. The van der Waals surface area contributed by atoms with Gasteiger partial charge in [0, 0.05) is 19.6 Å². The van der Waals surface area contributed by atoms with Gasteiger partial charge in [-0.1, -0.05) is 0 Å². The summed E-state index contributed by atoms with van der Waals surface area (Å²) in [6.45, 7) is 2.63. The summed E-state index contributed by atoms with van der Waals surface area (Å²) in [5.74, 6) is -0.689. The summed E-state index contributed by atoms with van der Waals surface area (Å²) in [6, 6.07) is 1.91. The van der Waals surface area contributed by atoms with E-state index in [4.69, 9.17) is 9.84 Å². The summed E-state index contributed by atoms with van der Waals surface area (Å²) < 4.78 is 7.40. The second kappa shape index (κ2) is 6.48. The molecule has 0 saturated carbocycles. The van der Waals surface area contributed by atoms with Gasteiger partial charge >= 0.3 is 5.97 Å². The van der Waals surface area contributed by atoms with Crippen molar-refractivity contribution in [2.75, 3.05) is 13.2 Å². The molecule has 22 heavy (non-hydrogen) atoms. The zero-order valence-electron chi connectivity index (χ0n) is 12.5. The Hall–Kier alpha value is -1.89. The molecule has 0 bridgehead atoms.